The van der Waals surface area contributed by atoms with Crippen LogP contribution in [0.2, 0.25) is 0 Å². The molecule has 4 N–H and O–H groups in total. The normalized spacial score (nSPS) is 20.8. The molecule has 3 atom stereocenters. The van der Waals surface area contributed by atoms with E-state index in [1.54, 1.807) is 6.20 Å². The van der Waals surface area contributed by atoms with Gasteiger partial charge in [-0.05, 0) is 63.2 Å². The molecule has 0 aliphatic carbocycles. The molecule has 4 rings (SSSR count). The number of amidine groups is 1. The third-order valence-corrected chi connectivity index (χ3v) is 7.58. The molecule has 0 aromatic carbocycles. The number of anilines is 1. The number of fused-ring (bicyclic) bond motifs is 1. The van der Waals surface area contributed by atoms with E-state index in [1.165, 1.54) is 11.3 Å². The second-order valence-corrected chi connectivity index (χ2v) is 13.5. The van der Waals surface area contributed by atoms with Gasteiger partial charge in [-0.2, -0.15) is 0 Å². The fourth-order valence-electron chi connectivity index (χ4n) is 4.27. The highest BCUT2D eigenvalue weighted by molar-refractivity contribution is 7.21. The summed E-state index contributed by atoms with van der Waals surface area (Å²) in [5, 5.41) is 7.58. The third-order valence-electron chi connectivity index (χ3n) is 6.69. The van der Waals surface area contributed by atoms with Gasteiger partial charge in [-0.1, -0.05) is 59.8 Å². The minimum Gasteiger partial charge on any atom is -0.366 e. The first-order chi connectivity index (χ1) is 19.2. The number of aliphatic imine (C=N–C) groups is 1. The van der Waals surface area contributed by atoms with Crippen molar-refractivity contribution in [1.82, 2.24) is 20.2 Å². The van der Waals surface area contributed by atoms with E-state index in [2.05, 4.69) is 61.3 Å². The highest BCUT2D eigenvalue weighted by atomic mass is 32.1. The van der Waals surface area contributed by atoms with Crippen LogP contribution in [0.5, 0.6) is 0 Å². The Morgan fingerprint density at radius 2 is 2.00 bits per heavy atom. The third kappa shape index (κ3) is 11.7. The molecular weight excluding hydrogens is 534 g/mol. The van der Waals surface area contributed by atoms with Crippen LogP contribution in [0.1, 0.15) is 88.5 Å². The second-order valence-electron chi connectivity index (χ2n) is 12.5. The minimum atomic E-state index is -0.313. The fourth-order valence-corrected chi connectivity index (χ4v) is 5.09. The summed E-state index contributed by atoms with van der Waals surface area (Å²) in [5.74, 6) is 2.23. The van der Waals surface area contributed by atoms with E-state index in [1.807, 2.05) is 51.7 Å². The summed E-state index contributed by atoms with van der Waals surface area (Å²) in [5.41, 5.74) is 6.61. The number of amides is 1. The van der Waals surface area contributed by atoms with Gasteiger partial charge in [0.25, 0.3) is 0 Å². The lowest BCUT2D eigenvalue weighted by Crippen LogP contribution is -2.36. The first-order valence-corrected chi connectivity index (χ1v) is 15.8. The zero-order valence-electron chi connectivity index (χ0n) is 26.9. The molecule has 10 heteroatoms. The number of hydrogen-bond donors (Lipinski definition) is 3. The lowest BCUT2D eigenvalue weighted by atomic mass is 9.86. The van der Waals surface area contributed by atoms with Crippen molar-refractivity contribution in [3.63, 3.8) is 0 Å². The molecule has 0 spiro atoms. The van der Waals surface area contributed by atoms with Crippen LogP contribution in [0, 0.1) is 11.3 Å². The van der Waals surface area contributed by atoms with E-state index in [0.29, 0.717) is 18.5 Å². The van der Waals surface area contributed by atoms with Gasteiger partial charge in [0.05, 0.1) is 11.6 Å². The molecule has 0 saturated carbocycles. The van der Waals surface area contributed by atoms with Gasteiger partial charge in [-0.15, -0.1) is 0 Å². The number of aromatic nitrogens is 2. The summed E-state index contributed by atoms with van der Waals surface area (Å²) >= 11 is 1.53. The van der Waals surface area contributed by atoms with E-state index >= 15 is 0 Å². The number of hydrogen-bond acceptors (Lipinski definition) is 8. The average Bonchev–Trinajstić information content (AvgIpc) is 3.53. The van der Waals surface area contributed by atoms with Crippen molar-refractivity contribution in [2.24, 2.45) is 22.1 Å². The summed E-state index contributed by atoms with van der Waals surface area (Å²) in [6.45, 7) is 22.2. The molecule has 9 nitrogen and oxygen atoms in total. The predicted molar refractivity (Wildman–Crippen MR) is 173 cm³/mol. The van der Waals surface area contributed by atoms with Crippen LogP contribution in [0.25, 0.3) is 10.3 Å². The van der Waals surface area contributed by atoms with Gasteiger partial charge in [-0.3, -0.25) is 9.79 Å². The topological polar surface area (TPSA) is 118 Å². The van der Waals surface area contributed by atoms with Crippen LogP contribution in [0.4, 0.5) is 5.13 Å². The van der Waals surface area contributed by atoms with Crippen LogP contribution in [-0.4, -0.2) is 64.0 Å². The standard InChI is InChI=1S/C22H30N6O2S.C7H17N.C2H6/c1-14-10-17(24-15-7-9-28(12-15)19(29)13-30-22(2,3)4)26-18(11-14)27-21-25-16-6-5-8-23-20(16)31-21;1-5-6(8)7(2,3)4;1-2/h5-6,8,11,14-15H,7,9-10,12-13H2,1-4H3,(H,24,26)(H,25,27);6H,5,8H2,1-4H3;1-2H3. The largest absolute Gasteiger partial charge is 0.366 e. The Morgan fingerprint density at radius 1 is 1.29 bits per heavy atom. The van der Waals surface area contributed by atoms with Crippen molar-refractivity contribution >= 4 is 38.6 Å². The molecule has 1 fully saturated rings. The number of rotatable bonds is 6. The predicted octanol–water partition coefficient (Wildman–Crippen LogP) is 6.18. The lowest BCUT2D eigenvalue weighted by Gasteiger charge is -2.25. The Balaban J connectivity index is 0.000000509. The molecule has 1 amide bonds. The zero-order valence-corrected chi connectivity index (χ0v) is 27.7. The number of pyridine rings is 1. The Bertz CT molecular complexity index is 1130. The van der Waals surface area contributed by atoms with E-state index in [9.17, 15) is 4.79 Å². The molecular formula is C31H53N7O2S. The first-order valence-electron chi connectivity index (χ1n) is 14.9. The van der Waals surface area contributed by atoms with Crippen molar-refractivity contribution in [3.8, 4) is 0 Å². The molecule has 0 bridgehead atoms. The molecule has 230 valence electrons. The smallest absolute Gasteiger partial charge is 0.248 e. The lowest BCUT2D eigenvalue weighted by molar-refractivity contribution is -0.139. The van der Waals surface area contributed by atoms with Crippen molar-refractivity contribution in [2.75, 3.05) is 25.0 Å². The molecule has 2 aromatic heterocycles. The van der Waals surface area contributed by atoms with Crippen LogP contribution in [0.3, 0.4) is 0 Å². The molecule has 0 radical (unpaired) electrons. The number of carbonyl (C=O) groups excluding carboxylic acids is 1. The zero-order chi connectivity index (χ0) is 30.8. The number of nitrogens with two attached hydrogens (primary N) is 1. The molecule has 2 aromatic rings. The summed E-state index contributed by atoms with van der Waals surface area (Å²) in [4.78, 5) is 29.1. The molecule has 2 aliphatic heterocycles. The van der Waals surface area contributed by atoms with Gasteiger partial charge >= 0.3 is 0 Å². The van der Waals surface area contributed by atoms with Crippen molar-refractivity contribution < 1.29 is 9.53 Å². The molecule has 2 aliphatic rings. The van der Waals surface area contributed by atoms with Crippen molar-refractivity contribution in [3.05, 3.63) is 30.2 Å². The summed E-state index contributed by atoms with van der Waals surface area (Å²) in [6.07, 6.45) is 6.73. The summed E-state index contributed by atoms with van der Waals surface area (Å²) < 4.78 is 5.63. The van der Waals surface area contributed by atoms with Crippen molar-refractivity contribution in [1.29, 1.82) is 0 Å². The number of nitrogens with zero attached hydrogens (tertiary/aromatic N) is 4. The summed E-state index contributed by atoms with van der Waals surface area (Å²) in [6, 6.07) is 4.31. The molecule has 41 heavy (non-hydrogen) atoms. The van der Waals surface area contributed by atoms with Crippen molar-refractivity contribution in [2.45, 2.75) is 106 Å². The van der Waals surface area contributed by atoms with Crippen LogP contribution >= 0.6 is 11.3 Å². The fraction of sp³-hybridized carbons (Fsp3) is 0.677. The number of thiazole rings is 1. The van der Waals surface area contributed by atoms with E-state index < -0.39 is 0 Å². The monoisotopic (exact) mass is 587 g/mol. The Hall–Kier alpha value is -2.56. The van der Waals surface area contributed by atoms with Gasteiger partial charge in [0, 0.05) is 31.7 Å². The average molecular weight is 588 g/mol. The Kier molecular flexibility index (Phi) is 13.2. The second kappa shape index (κ2) is 15.6. The van der Waals surface area contributed by atoms with Gasteiger partial charge < -0.3 is 26.0 Å². The van der Waals surface area contributed by atoms with Crippen LogP contribution in [-0.2, 0) is 9.53 Å². The number of nitrogens with one attached hydrogen (secondary N) is 2. The van der Waals surface area contributed by atoms with Crippen LogP contribution < -0.4 is 16.4 Å². The molecule has 3 unspecified atom stereocenters. The first kappa shape index (κ1) is 34.6. The quantitative estimate of drug-likeness (QED) is 0.369. The maximum atomic E-state index is 12.4. The van der Waals surface area contributed by atoms with Gasteiger partial charge in [-0.25, -0.2) is 9.97 Å². The van der Waals surface area contributed by atoms with Gasteiger partial charge in [0.1, 0.15) is 28.6 Å². The minimum absolute atomic E-state index is 0.0364. The van der Waals surface area contributed by atoms with E-state index in [4.69, 9.17) is 15.5 Å². The highest BCUT2D eigenvalue weighted by Crippen LogP contribution is 2.26. The summed E-state index contributed by atoms with van der Waals surface area (Å²) in [7, 11) is 0. The number of allylic oxidation sites excluding steroid dienone is 1. The number of carbonyl (C=O) groups is 1. The van der Waals surface area contributed by atoms with E-state index in [-0.39, 0.29) is 29.6 Å². The number of ether oxygens (including phenoxy) is 1. The Labute approximate surface area is 251 Å². The van der Waals surface area contributed by atoms with Gasteiger partial charge in [0.2, 0.25) is 5.91 Å². The Morgan fingerprint density at radius 3 is 2.59 bits per heavy atom. The van der Waals surface area contributed by atoms with Crippen LogP contribution in [0.15, 0.2) is 35.2 Å². The number of likely N-dealkylation sites (tertiary alicyclic amines) is 1. The van der Waals surface area contributed by atoms with E-state index in [0.717, 1.165) is 52.9 Å². The van der Waals surface area contributed by atoms with Gasteiger partial charge in [0.15, 0.2) is 5.13 Å². The SMILES string of the molecule is CC.CC1C=C(Nc2nc3cccnc3s2)NC(=NC2CCN(C(=O)COC(C)(C)C)C2)C1.CCC(N)C(C)(C)C. The maximum absolute atomic E-state index is 12.4. The maximum Gasteiger partial charge on any atom is 0.248 e. The highest BCUT2D eigenvalue weighted by Gasteiger charge is 2.28. The molecule has 1 saturated heterocycles. The molecule has 4 heterocycles.